The number of benzene rings is 1. The molecule has 8 N–H and O–H groups in total. The summed E-state index contributed by atoms with van der Waals surface area (Å²) in [4.78, 5) is 115. The Hall–Kier alpha value is -7.04. The van der Waals surface area contributed by atoms with Crippen LogP contribution >= 0.6 is 22.7 Å². The number of unbranched alkanes of at least 4 members (excludes halogenated alkanes) is 2. The Kier molecular flexibility index (Phi) is 27.8. The summed E-state index contributed by atoms with van der Waals surface area (Å²) in [5, 5.41) is 17.5. The van der Waals surface area contributed by atoms with Gasteiger partial charge in [0.05, 0.1) is 17.0 Å². The number of aryl methyl sites for hydroxylation is 1. The zero-order valence-electron chi connectivity index (χ0n) is 48.9. The van der Waals surface area contributed by atoms with Gasteiger partial charge in [-0.2, -0.15) is 16.8 Å². The number of aromatic nitrogens is 1. The third-order valence-electron chi connectivity index (χ3n) is 14.1. The summed E-state index contributed by atoms with van der Waals surface area (Å²) >= 11 is -0.909. The summed E-state index contributed by atoms with van der Waals surface area (Å²) in [6.45, 7) is 6.61. The number of hydroxylamine groups is 2. The lowest BCUT2D eigenvalue weighted by atomic mass is 10.1. The lowest BCUT2D eigenvalue weighted by Gasteiger charge is -2.23. The monoisotopic (exact) mass is 1330 g/mol. The molecule has 0 radical (unpaired) electrons. The quantitative estimate of drug-likeness (QED) is 0.0326. The van der Waals surface area contributed by atoms with Gasteiger partial charge in [0.1, 0.15) is 33.0 Å². The van der Waals surface area contributed by atoms with Crippen molar-refractivity contribution in [3.8, 4) is 17.1 Å². The fourth-order valence-corrected chi connectivity index (χ4v) is 13.3. The first-order valence-electron chi connectivity index (χ1n) is 28.9. The van der Waals surface area contributed by atoms with E-state index in [4.69, 9.17) is 14.0 Å². The zero-order valence-corrected chi connectivity index (χ0v) is 53.0. The molecule has 3 aliphatic heterocycles. The molecule has 1 aromatic carbocycles. The number of ether oxygens (including phenoxy) is 1. The van der Waals surface area contributed by atoms with Crippen molar-refractivity contribution in [2.45, 2.75) is 160 Å². The molecule has 0 aliphatic carbocycles. The van der Waals surface area contributed by atoms with Crippen molar-refractivity contribution in [1.29, 1.82) is 0 Å². The van der Waals surface area contributed by atoms with Crippen molar-refractivity contribution in [3.63, 3.8) is 0 Å². The van der Waals surface area contributed by atoms with Gasteiger partial charge in [-0.05, 0) is 131 Å². The second kappa shape index (κ2) is 34.8. The van der Waals surface area contributed by atoms with Crippen LogP contribution < -0.4 is 36.6 Å². The van der Waals surface area contributed by atoms with Crippen LogP contribution in [0.15, 0.2) is 79.1 Å². The van der Waals surface area contributed by atoms with E-state index in [0.29, 0.717) is 96.0 Å². The van der Waals surface area contributed by atoms with E-state index in [1.54, 1.807) is 25.1 Å². The molecule has 7 amide bonds. The highest BCUT2D eigenvalue weighted by atomic mass is 32.3. The molecule has 4 unspecified atom stereocenters. The normalized spacial score (nSPS) is 20.2. The highest BCUT2D eigenvalue weighted by Gasteiger charge is 2.33. The first-order chi connectivity index (χ1) is 42.4. The predicted octanol–water partition coefficient (Wildman–Crippen LogP) is 4.69. The molecule has 0 spiro atoms. The van der Waals surface area contributed by atoms with Crippen molar-refractivity contribution in [1.82, 2.24) is 41.9 Å². The molecule has 486 valence electrons. The van der Waals surface area contributed by atoms with Gasteiger partial charge >= 0.3 is 16.1 Å². The standard InChI is InChI=1S/C57H74N8O19S5/c1-3-37-25-29-58-26-11-4-7-16-47(66)62-42(32-38-19-23-52(85-38)87(74)75)55(72)60-28-13-10-15-41(54(71)59-27-12-5-9-18-51(70)84-65-49(68)21-22-50(65)69)64-56(73)43(33-39-20-24-53(86-39)89(79,80)81)63-48(67)17-8-6-14-30-82-44-31-36(2)40(34-46(44)88(76,77)78)45-35-61-57(37)83-45/h3,19-20,23-25,31,34-35,41-43,58H,1,4-18,21-22,26-30,32-33H2,2H3,(H,59,71)(H,60,72)(H,62,66)(H,63,67)(H,64,73)(H,74,75)(H,76,77,78)(H,79,80,81)/p-1/b37-25+. The number of nitrogens with zero attached hydrogens (tertiary/aromatic N) is 2. The Morgan fingerprint density at radius 3 is 2.13 bits per heavy atom. The van der Waals surface area contributed by atoms with Crippen LogP contribution in [0.2, 0.25) is 0 Å². The Labute approximate surface area is 525 Å². The van der Waals surface area contributed by atoms with Gasteiger partial charge in [-0.25, -0.2) is 9.78 Å². The summed E-state index contributed by atoms with van der Waals surface area (Å²) in [5.41, 5.74) is 1.38. The highest BCUT2D eigenvalue weighted by molar-refractivity contribution is 7.88. The number of thiophene rings is 2. The molecule has 3 aliphatic rings. The van der Waals surface area contributed by atoms with E-state index >= 15 is 0 Å². The summed E-state index contributed by atoms with van der Waals surface area (Å²) in [6.07, 6.45) is 8.39. The van der Waals surface area contributed by atoms with Gasteiger partial charge in [0.2, 0.25) is 35.4 Å². The average molecular weight is 1330 g/mol. The molecule has 4 aromatic rings. The van der Waals surface area contributed by atoms with Crippen molar-refractivity contribution < 1.29 is 87.1 Å². The first-order valence-corrected chi connectivity index (χ1v) is 34.5. The van der Waals surface area contributed by atoms with Gasteiger partial charge in [-0.15, -0.1) is 27.7 Å². The molecular formula is C57H73N8O19S5-. The van der Waals surface area contributed by atoms with Crippen LogP contribution in [0, 0.1) is 6.92 Å². The van der Waals surface area contributed by atoms with Crippen molar-refractivity contribution in [2.75, 3.05) is 32.8 Å². The Morgan fingerprint density at radius 1 is 0.820 bits per heavy atom. The highest BCUT2D eigenvalue weighted by Crippen LogP contribution is 2.35. The van der Waals surface area contributed by atoms with E-state index in [1.807, 2.05) is 0 Å². The fourth-order valence-electron chi connectivity index (χ4n) is 9.35. The van der Waals surface area contributed by atoms with Crippen LogP contribution in [0.4, 0.5) is 0 Å². The topological polar surface area (TPSA) is 405 Å². The number of carbonyl (C=O) groups is 8. The molecule has 1 fully saturated rings. The predicted molar refractivity (Wildman–Crippen MR) is 324 cm³/mol. The number of hydrogen-bond acceptors (Lipinski definition) is 21. The third kappa shape index (κ3) is 23.1. The summed E-state index contributed by atoms with van der Waals surface area (Å²) in [7, 11) is -9.47. The maximum absolute atomic E-state index is 14.3. The number of fused-ring (bicyclic) bond motifs is 30. The van der Waals surface area contributed by atoms with Crippen LogP contribution in [0.3, 0.4) is 0 Å². The van der Waals surface area contributed by atoms with Gasteiger partial charge < -0.3 is 50.4 Å². The molecule has 4 atom stereocenters. The van der Waals surface area contributed by atoms with Gasteiger partial charge in [0.15, 0.2) is 5.76 Å². The number of amides is 7. The molecule has 4 bridgehead atoms. The van der Waals surface area contributed by atoms with Crippen LogP contribution in [0.25, 0.3) is 16.9 Å². The number of nitrogens with one attached hydrogen (secondary N) is 6. The summed E-state index contributed by atoms with van der Waals surface area (Å²) in [6, 6.07) is 4.35. The van der Waals surface area contributed by atoms with Crippen LogP contribution in [0.1, 0.15) is 130 Å². The van der Waals surface area contributed by atoms with Crippen LogP contribution in [0.5, 0.6) is 5.75 Å². The molecule has 89 heavy (non-hydrogen) atoms. The Balaban J connectivity index is 1.19. The van der Waals surface area contributed by atoms with Crippen molar-refractivity contribution >= 4 is 107 Å². The van der Waals surface area contributed by atoms with E-state index in [0.717, 1.165) is 17.4 Å². The minimum atomic E-state index is -4.83. The zero-order chi connectivity index (χ0) is 64.7. The van der Waals surface area contributed by atoms with E-state index in [1.165, 1.54) is 30.5 Å². The Bertz CT molecular complexity index is 3450. The van der Waals surface area contributed by atoms with E-state index in [-0.39, 0.29) is 123 Å². The number of rotatable bonds is 16. The number of oxazole rings is 1. The fraction of sp³-hybridized carbons (Fsp3) is 0.491. The smallest absolute Gasteiger partial charge is 0.333 e. The minimum absolute atomic E-state index is 0.00782. The first kappa shape index (κ1) is 71.0. The maximum atomic E-state index is 14.3. The lowest BCUT2D eigenvalue weighted by Crippen LogP contribution is -2.54. The molecule has 32 heteroatoms. The third-order valence-corrected chi connectivity index (χ3v) is 19.4. The number of imide groups is 1. The molecule has 7 rings (SSSR count). The molecule has 0 saturated carbocycles. The van der Waals surface area contributed by atoms with Crippen molar-refractivity contribution in [3.05, 3.63) is 82.5 Å². The van der Waals surface area contributed by atoms with Crippen LogP contribution in [-0.2, 0) is 87.4 Å². The summed E-state index contributed by atoms with van der Waals surface area (Å²) < 4.78 is 104. The SMILES string of the molecule is C=C/C1=C\CNCCCCCC(=O)NC(Cc2ccc(S(=O)[O-])s2)C(=O)NCCCCC(C(=O)NCCCCCC(=O)ON2C(=O)CCC2=O)NC(=O)C(Cc2ccc(S(=O)(=O)O)s2)NC(=O)CCCCCOc2cc(C)c(cc2S(=O)(=O)O)-c2cnc1o2. The molecule has 1 saturated heterocycles. The number of carbonyl (C=O) groups excluding carboxylic acids is 8. The Morgan fingerprint density at radius 2 is 1.48 bits per heavy atom. The molecule has 6 heterocycles. The molecule has 27 nitrogen and oxygen atoms in total. The van der Waals surface area contributed by atoms with Gasteiger partial charge in [0.25, 0.3) is 21.9 Å². The second-order valence-corrected chi connectivity index (χ2v) is 27.5. The van der Waals surface area contributed by atoms with Gasteiger partial charge in [-0.3, -0.25) is 46.9 Å². The molecular weight excluding hydrogens is 1260 g/mol. The van der Waals surface area contributed by atoms with E-state index in [2.05, 4.69) is 43.5 Å². The van der Waals surface area contributed by atoms with Crippen LogP contribution in [-0.4, -0.2) is 143 Å². The average Bonchev–Trinajstić information content (AvgIpc) is 2.88. The van der Waals surface area contributed by atoms with E-state index in [9.17, 15) is 73.1 Å². The van der Waals surface area contributed by atoms with Crippen molar-refractivity contribution in [2.24, 2.45) is 0 Å². The number of hydrogen-bond donors (Lipinski definition) is 8. The maximum Gasteiger partial charge on any atom is 0.333 e. The minimum Gasteiger partial charge on any atom is -0.768 e. The van der Waals surface area contributed by atoms with E-state index < -0.39 is 106 Å². The molecule has 3 aromatic heterocycles. The summed E-state index contributed by atoms with van der Waals surface area (Å²) in [5.74, 6) is -4.80. The number of allylic oxidation sites excluding steroid dienone is 2. The second-order valence-electron chi connectivity index (χ2n) is 21.0. The van der Waals surface area contributed by atoms with Gasteiger partial charge in [0, 0.05) is 85.5 Å². The van der Waals surface area contributed by atoms with Gasteiger partial charge in [-0.1, -0.05) is 31.6 Å². The lowest BCUT2D eigenvalue weighted by molar-refractivity contribution is -0.197. The largest absolute Gasteiger partial charge is 0.768 e.